The molecule has 6 heteroatoms. The Morgan fingerprint density at radius 2 is 1.94 bits per heavy atom. The van der Waals surface area contributed by atoms with Gasteiger partial charge in [0.1, 0.15) is 11.6 Å². The van der Waals surface area contributed by atoms with Crippen LogP contribution in [0.15, 0.2) is 18.2 Å². The Balaban J connectivity index is 2.41. The molecule has 0 aliphatic carbocycles. The number of carboxylic acid groups (broad SMARTS) is 1. The molecule has 0 aromatic heterocycles. The van der Waals surface area contributed by atoms with Crippen LogP contribution in [0.4, 0.5) is 8.78 Å². The zero-order valence-electron chi connectivity index (χ0n) is 9.58. The van der Waals surface area contributed by atoms with E-state index in [9.17, 15) is 18.4 Å². The van der Waals surface area contributed by atoms with Crippen LogP contribution in [0, 0.1) is 11.6 Å². The average molecular weight is 257 g/mol. The lowest BCUT2D eigenvalue weighted by Crippen LogP contribution is -2.25. The lowest BCUT2D eigenvalue weighted by molar-refractivity contribution is -0.137. The molecule has 0 bridgehead atoms. The fraction of sp³-hybridized carbons (Fsp3) is 0.333. The van der Waals surface area contributed by atoms with Crippen molar-refractivity contribution in [2.75, 3.05) is 6.54 Å². The van der Waals surface area contributed by atoms with E-state index in [2.05, 4.69) is 5.32 Å². The summed E-state index contributed by atoms with van der Waals surface area (Å²) in [5.74, 6) is -3.09. The maximum absolute atomic E-state index is 13.2. The molecule has 0 fully saturated rings. The molecule has 0 aliphatic rings. The van der Waals surface area contributed by atoms with Crippen LogP contribution < -0.4 is 5.32 Å². The van der Waals surface area contributed by atoms with Gasteiger partial charge in [0.15, 0.2) is 0 Å². The number of benzene rings is 1. The number of rotatable bonds is 6. The third-order valence-corrected chi connectivity index (χ3v) is 2.28. The molecular weight excluding hydrogens is 244 g/mol. The molecule has 0 unspecified atom stereocenters. The molecule has 1 aromatic rings. The van der Waals surface area contributed by atoms with Gasteiger partial charge in [-0.05, 0) is 31.0 Å². The second-order valence-corrected chi connectivity index (χ2v) is 3.73. The highest BCUT2D eigenvalue weighted by Crippen LogP contribution is 2.09. The second-order valence-electron chi connectivity index (χ2n) is 3.73. The maximum Gasteiger partial charge on any atom is 0.303 e. The molecule has 1 amide bonds. The molecule has 0 saturated carbocycles. The van der Waals surface area contributed by atoms with Gasteiger partial charge in [0, 0.05) is 13.0 Å². The Hall–Kier alpha value is -1.98. The van der Waals surface area contributed by atoms with Crippen LogP contribution in [0.1, 0.15) is 29.6 Å². The SMILES string of the molecule is O=C(O)CCCCNC(=O)c1cc(F)ccc1F. The molecule has 2 N–H and O–H groups in total. The summed E-state index contributed by atoms with van der Waals surface area (Å²) in [5, 5.41) is 10.8. The second kappa shape index (κ2) is 6.68. The molecule has 0 saturated heterocycles. The Labute approximate surface area is 103 Å². The third kappa shape index (κ3) is 4.48. The van der Waals surface area contributed by atoms with Gasteiger partial charge >= 0.3 is 5.97 Å². The van der Waals surface area contributed by atoms with Crippen molar-refractivity contribution in [1.82, 2.24) is 5.32 Å². The van der Waals surface area contributed by atoms with Crippen LogP contribution in [0.25, 0.3) is 0 Å². The van der Waals surface area contributed by atoms with Gasteiger partial charge in [-0.2, -0.15) is 0 Å². The Bertz CT molecular complexity index is 449. The number of carboxylic acids is 1. The number of aliphatic carboxylic acids is 1. The van der Waals surface area contributed by atoms with Gasteiger partial charge in [0.25, 0.3) is 5.91 Å². The molecule has 98 valence electrons. The van der Waals surface area contributed by atoms with E-state index in [1.807, 2.05) is 0 Å². The monoisotopic (exact) mass is 257 g/mol. The highest BCUT2D eigenvalue weighted by Gasteiger charge is 2.11. The van der Waals surface area contributed by atoms with Crippen molar-refractivity contribution in [2.45, 2.75) is 19.3 Å². The molecule has 0 heterocycles. The molecule has 0 atom stereocenters. The summed E-state index contributed by atoms with van der Waals surface area (Å²) in [6, 6.07) is 2.63. The summed E-state index contributed by atoms with van der Waals surface area (Å²) in [4.78, 5) is 21.7. The first-order chi connectivity index (χ1) is 8.50. The zero-order chi connectivity index (χ0) is 13.5. The fourth-order valence-electron chi connectivity index (χ4n) is 1.37. The van der Waals surface area contributed by atoms with Gasteiger partial charge in [-0.25, -0.2) is 8.78 Å². The zero-order valence-corrected chi connectivity index (χ0v) is 9.58. The van der Waals surface area contributed by atoms with E-state index >= 15 is 0 Å². The number of hydrogen-bond donors (Lipinski definition) is 2. The molecule has 0 radical (unpaired) electrons. The van der Waals surface area contributed by atoms with Crippen molar-refractivity contribution in [1.29, 1.82) is 0 Å². The number of hydrogen-bond acceptors (Lipinski definition) is 2. The highest BCUT2D eigenvalue weighted by atomic mass is 19.1. The standard InChI is InChI=1S/C12H13F2NO3/c13-8-4-5-10(14)9(7-8)12(18)15-6-2-1-3-11(16)17/h4-5,7H,1-3,6H2,(H,15,18)(H,16,17). The van der Waals surface area contributed by atoms with Crippen molar-refractivity contribution in [3.05, 3.63) is 35.4 Å². The number of unbranched alkanes of at least 4 members (excludes halogenated alkanes) is 1. The molecular formula is C12H13F2NO3. The first-order valence-corrected chi connectivity index (χ1v) is 5.45. The number of amides is 1. The maximum atomic E-state index is 13.2. The van der Waals surface area contributed by atoms with E-state index in [-0.39, 0.29) is 18.5 Å². The predicted octanol–water partition coefficient (Wildman–Crippen LogP) is 1.95. The highest BCUT2D eigenvalue weighted by molar-refractivity contribution is 5.94. The molecule has 1 aromatic carbocycles. The third-order valence-electron chi connectivity index (χ3n) is 2.28. The van der Waals surface area contributed by atoms with E-state index < -0.39 is 23.5 Å². The fourth-order valence-corrected chi connectivity index (χ4v) is 1.37. The van der Waals surface area contributed by atoms with Crippen molar-refractivity contribution in [2.24, 2.45) is 0 Å². The summed E-state index contributed by atoms with van der Waals surface area (Å²) in [6.45, 7) is 0.224. The minimum atomic E-state index is -0.905. The van der Waals surface area contributed by atoms with Gasteiger partial charge in [0.2, 0.25) is 0 Å². The molecule has 4 nitrogen and oxygen atoms in total. The minimum Gasteiger partial charge on any atom is -0.481 e. The Morgan fingerprint density at radius 3 is 2.61 bits per heavy atom. The van der Waals surface area contributed by atoms with Gasteiger partial charge in [-0.1, -0.05) is 0 Å². The number of carbonyl (C=O) groups excluding carboxylic acids is 1. The average Bonchev–Trinajstić information content (AvgIpc) is 2.31. The smallest absolute Gasteiger partial charge is 0.303 e. The van der Waals surface area contributed by atoms with Crippen molar-refractivity contribution in [3.8, 4) is 0 Å². The van der Waals surface area contributed by atoms with Crippen molar-refractivity contribution >= 4 is 11.9 Å². The van der Waals surface area contributed by atoms with E-state index in [4.69, 9.17) is 5.11 Å². The summed E-state index contributed by atoms with van der Waals surface area (Å²) in [5.41, 5.74) is -0.353. The first-order valence-electron chi connectivity index (χ1n) is 5.45. The summed E-state index contributed by atoms with van der Waals surface area (Å²) in [6.07, 6.45) is 0.903. The molecule has 1 rings (SSSR count). The molecule has 0 aliphatic heterocycles. The van der Waals surface area contributed by atoms with Gasteiger partial charge in [-0.15, -0.1) is 0 Å². The number of carbonyl (C=O) groups is 2. The topological polar surface area (TPSA) is 66.4 Å². The summed E-state index contributed by atoms with van der Waals surface area (Å²) in [7, 11) is 0. The van der Waals surface area contributed by atoms with Crippen LogP contribution >= 0.6 is 0 Å². The normalized spacial score (nSPS) is 10.1. The van der Waals surface area contributed by atoms with Gasteiger partial charge in [-0.3, -0.25) is 9.59 Å². The van der Waals surface area contributed by atoms with Crippen LogP contribution in [0.5, 0.6) is 0 Å². The first kappa shape index (κ1) is 14.1. The predicted molar refractivity (Wildman–Crippen MR) is 60.2 cm³/mol. The van der Waals surface area contributed by atoms with Crippen LogP contribution in [-0.2, 0) is 4.79 Å². The van der Waals surface area contributed by atoms with E-state index in [0.717, 1.165) is 18.2 Å². The quantitative estimate of drug-likeness (QED) is 0.765. The Kier molecular flexibility index (Phi) is 5.23. The molecule has 18 heavy (non-hydrogen) atoms. The van der Waals surface area contributed by atoms with E-state index in [1.54, 1.807) is 0 Å². The van der Waals surface area contributed by atoms with Gasteiger partial charge < -0.3 is 10.4 Å². The van der Waals surface area contributed by atoms with Crippen LogP contribution in [0.2, 0.25) is 0 Å². The molecule has 0 spiro atoms. The van der Waals surface area contributed by atoms with Crippen molar-refractivity contribution in [3.63, 3.8) is 0 Å². The minimum absolute atomic E-state index is 0.0181. The van der Waals surface area contributed by atoms with Gasteiger partial charge in [0.05, 0.1) is 5.56 Å². The number of nitrogens with one attached hydrogen (secondary N) is 1. The van der Waals surface area contributed by atoms with Crippen LogP contribution in [0.3, 0.4) is 0 Å². The van der Waals surface area contributed by atoms with E-state index in [0.29, 0.717) is 12.8 Å². The van der Waals surface area contributed by atoms with Crippen LogP contribution in [-0.4, -0.2) is 23.5 Å². The summed E-state index contributed by atoms with van der Waals surface area (Å²) >= 11 is 0. The lowest BCUT2D eigenvalue weighted by Gasteiger charge is -2.05. The summed E-state index contributed by atoms with van der Waals surface area (Å²) < 4.78 is 26.0. The van der Waals surface area contributed by atoms with E-state index in [1.165, 1.54) is 0 Å². The van der Waals surface area contributed by atoms with Crippen molar-refractivity contribution < 1.29 is 23.5 Å². The largest absolute Gasteiger partial charge is 0.481 e. The Morgan fingerprint density at radius 1 is 1.22 bits per heavy atom. The lowest BCUT2D eigenvalue weighted by atomic mass is 10.2. The number of halogens is 2.